The van der Waals surface area contributed by atoms with Crippen molar-refractivity contribution in [2.24, 2.45) is 17.6 Å². The van der Waals surface area contributed by atoms with Crippen LogP contribution in [0.3, 0.4) is 0 Å². The van der Waals surface area contributed by atoms with Crippen molar-refractivity contribution >= 4 is 23.7 Å². The molecule has 1 fully saturated rings. The Balaban J connectivity index is 2.77. The highest BCUT2D eigenvalue weighted by molar-refractivity contribution is 5.94. The molecule has 0 spiro atoms. The van der Waals surface area contributed by atoms with E-state index in [2.05, 4.69) is 10.6 Å². The first-order chi connectivity index (χ1) is 13.4. The first-order valence-electron chi connectivity index (χ1n) is 10.3. The largest absolute Gasteiger partial charge is 0.480 e. The summed E-state index contributed by atoms with van der Waals surface area (Å²) in [5.74, 6) is -1.98. The maximum absolute atomic E-state index is 12.8. The van der Waals surface area contributed by atoms with Crippen LogP contribution in [0.5, 0.6) is 0 Å². The average molecular weight is 413 g/mol. The summed E-state index contributed by atoms with van der Waals surface area (Å²) in [6.45, 7) is 9.65. The molecule has 9 heteroatoms. The summed E-state index contributed by atoms with van der Waals surface area (Å²) in [7, 11) is 0. The lowest BCUT2D eigenvalue weighted by Crippen LogP contribution is -2.56. The van der Waals surface area contributed by atoms with Crippen molar-refractivity contribution in [2.75, 3.05) is 6.54 Å². The van der Waals surface area contributed by atoms with Crippen LogP contribution in [0.15, 0.2) is 0 Å². The first kappa shape index (κ1) is 24.9. The standard InChI is InChI=1S/C20H36N4O5/c1-11(2)9-14(21)17(25)23-15(10-12(3)4)18(26)22-13(5)19(27)24-8-6-7-16(24)20(28)29/h11-16H,6-10,21H2,1-5H3,(H,22,26)(H,23,25)(H,28,29)/t13-,14-,15-,16-/m0/s1. The number of aliphatic carboxylic acids is 1. The van der Waals surface area contributed by atoms with Crippen LogP contribution in [0.1, 0.15) is 60.3 Å². The van der Waals surface area contributed by atoms with Gasteiger partial charge in [-0.05, 0) is 44.4 Å². The monoisotopic (exact) mass is 412 g/mol. The molecule has 1 saturated heterocycles. The minimum absolute atomic E-state index is 0.133. The van der Waals surface area contributed by atoms with E-state index in [1.54, 1.807) is 0 Å². The van der Waals surface area contributed by atoms with Gasteiger partial charge in [-0.15, -0.1) is 0 Å². The van der Waals surface area contributed by atoms with Crippen molar-refractivity contribution in [2.45, 2.75) is 84.5 Å². The van der Waals surface area contributed by atoms with Crippen molar-refractivity contribution in [3.8, 4) is 0 Å². The predicted octanol–water partition coefficient (Wildman–Crippen LogP) is 0.471. The van der Waals surface area contributed by atoms with Gasteiger partial charge in [0, 0.05) is 6.54 Å². The Morgan fingerprint density at radius 2 is 1.59 bits per heavy atom. The van der Waals surface area contributed by atoms with Crippen LogP contribution in [0, 0.1) is 11.8 Å². The Hall–Kier alpha value is -2.16. The van der Waals surface area contributed by atoms with Gasteiger partial charge in [0.05, 0.1) is 6.04 Å². The second-order valence-corrected chi connectivity index (χ2v) is 8.68. The molecule has 9 nitrogen and oxygen atoms in total. The van der Waals surface area contributed by atoms with Crippen LogP contribution in [0.4, 0.5) is 0 Å². The fourth-order valence-electron chi connectivity index (χ4n) is 3.51. The SMILES string of the molecule is CC(C)C[C@H](NC(=O)[C@@H](N)CC(C)C)C(=O)N[C@@H](C)C(=O)N1CCC[C@H]1C(=O)O. The van der Waals surface area contributed by atoms with Gasteiger partial charge in [0.2, 0.25) is 17.7 Å². The molecule has 0 aromatic rings. The number of hydrogen-bond acceptors (Lipinski definition) is 5. The van der Waals surface area contributed by atoms with Gasteiger partial charge in [0.25, 0.3) is 0 Å². The fraction of sp³-hybridized carbons (Fsp3) is 0.800. The minimum Gasteiger partial charge on any atom is -0.480 e. The molecule has 1 aliphatic rings. The van der Waals surface area contributed by atoms with Gasteiger partial charge in [0.1, 0.15) is 18.1 Å². The second-order valence-electron chi connectivity index (χ2n) is 8.68. The van der Waals surface area contributed by atoms with Crippen molar-refractivity contribution in [1.82, 2.24) is 15.5 Å². The predicted molar refractivity (Wildman–Crippen MR) is 109 cm³/mol. The number of carbonyl (C=O) groups is 4. The Morgan fingerprint density at radius 1 is 1.00 bits per heavy atom. The zero-order valence-electron chi connectivity index (χ0n) is 18.1. The number of carbonyl (C=O) groups excluding carboxylic acids is 3. The molecule has 1 rings (SSSR count). The Labute approximate surface area is 172 Å². The summed E-state index contributed by atoms with van der Waals surface area (Å²) in [4.78, 5) is 50.4. The molecule has 4 atom stereocenters. The van der Waals surface area contributed by atoms with E-state index >= 15 is 0 Å². The summed E-state index contributed by atoms with van der Waals surface area (Å²) in [6.07, 6.45) is 1.92. The van der Waals surface area contributed by atoms with Gasteiger partial charge in [-0.25, -0.2) is 4.79 Å². The molecule has 0 bridgehead atoms. The minimum atomic E-state index is -1.04. The maximum Gasteiger partial charge on any atom is 0.326 e. The highest BCUT2D eigenvalue weighted by Gasteiger charge is 2.37. The van der Waals surface area contributed by atoms with Crippen LogP contribution in [0.2, 0.25) is 0 Å². The van der Waals surface area contributed by atoms with Crippen LogP contribution < -0.4 is 16.4 Å². The van der Waals surface area contributed by atoms with E-state index in [0.29, 0.717) is 32.2 Å². The van der Waals surface area contributed by atoms with E-state index < -0.39 is 47.9 Å². The molecule has 1 heterocycles. The molecule has 1 aliphatic heterocycles. The van der Waals surface area contributed by atoms with Crippen LogP contribution in [-0.4, -0.2) is 64.4 Å². The van der Waals surface area contributed by atoms with Crippen LogP contribution >= 0.6 is 0 Å². The van der Waals surface area contributed by atoms with E-state index in [-0.39, 0.29) is 11.8 Å². The number of nitrogens with one attached hydrogen (secondary N) is 2. The number of amides is 3. The maximum atomic E-state index is 12.8. The second kappa shape index (κ2) is 11.1. The number of hydrogen-bond donors (Lipinski definition) is 4. The molecule has 0 aromatic heterocycles. The fourth-order valence-corrected chi connectivity index (χ4v) is 3.51. The molecule has 0 aliphatic carbocycles. The molecular weight excluding hydrogens is 376 g/mol. The molecular formula is C20H36N4O5. The average Bonchev–Trinajstić information content (AvgIpc) is 3.09. The van der Waals surface area contributed by atoms with Crippen LogP contribution in [-0.2, 0) is 19.2 Å². The van der Waals surface area contributed by atoms with Gasteiger partial charge >= 0.3 is 5.97 Å². The van der Waals surface area contributed by atoms with Gasteiger partial charge in [0.15, 0.2) is 0 Å². The summed E-state index contributed by atoms with van der Waals surface area (Å²) in [6, 6.07) is -3.28. The summed E-state index contributed by atoms with van der Waals surface area (Å²) < 4.78 is 0. The van der Waals surface area contributed by atoms with Crippen LogP contribution in [0.25, 0.3) is 0 Å². The topological polar surface area (TPSA) is 142 Å². The number of carboxylic acid groups (broad SMARTS) is 1. The van der Waals surface area contributed by atoms with Crippen molar-refractivity contribution in [1.29, 1.82) is 0 Å². The summed E-state index contributed by atoms with van der Waals surface area (Å²) in [5.41, 5.74) is 5.91. The summed E-state index contributed by atoms with van der Waals surface area (Å²) >= 11 is 0. The van der Waals surface area contributed by atoms with E-state index in [1.165, 1.54) is 11.8 Å². The molecule has 166 valence electrons. The van der Waals surface area contributed by atoms with Crippen molar-refractivity contribution in [3.63, 3.8) is 0 Å². The number of likely N-dealkylation sites (tertiary alicyclic amines) is 1. The zero-order valence-corrected chi connectivity index (χ0v) is 18.1. The lowest BCUT2D eigenvalue weighted by atomic mass is 10.0. The van der Waals surface area contributed by atoms with E-state index in [1.807, 2.05) is 27.7 Å². The van der Waals surface area contributed by atoms with Crippen molar-refractivity contribution < 1.29 is 24.3 Å². The van der Waals surface area contributed by atoms with Gasteiger partial charge < -0.3 is 26.4 Å². The zero-order chi connectivity index (χ0) is 22.3. The van der Waals surface area contributed by atoms with Gasteiger partial charge in [-0.3, -0.25) is 14.4 Å². The van der Waals surface area contributed by atoms with E-state index in [4.69, 9.17) is 5.73 Å². The number of nitrogens with zero attached hydrogens (tertiary/aromatic N) is 1. The third-order valence-electron chi connectivity index (χ3n) is 4.95. The lowest BCUT2D eigenvalue weighted by molar-refractivity contribution is -0.149. The third-order valence-corrected chi connectivity index (χ3v) is 4.95. The normalized spacial score (nSPS) is 19.7. The quantitative estimate of drug-likeness (QED) is 0.411. The number of carboxylic acids is 1. The van der Waals surface area contributed by atoms with Gasteiger partial charge in [-0.1, -0.05) is 27.7 Å². The number of rotatable bonds is 10. The van der Waals surface area contributed by atoms with E-state index in [0.717, 1.165) is 0 Å². The third kappa shape index (κ3) is 7.64. The molecule has 5 N–H and O–H groups in total. The molecule has 29 heavy (non-hydrogen) atoms. The molecule has 0 unspecified atom stereocenters. The smallest absolute Gasteiger partial charge is 0.326 e. The number of nitrogens with two attached hydrogens (primary N) is 1. The Kier molecular flexibility index (Phi) is 9.55. The highest BCUT2D eigenvalue weighted by Crippen LogP contribution is 2.18. The highest BCUT2D eigenvalue weighted by atomic mass is 16.4. The van der Waals surface area contributed by atoms with Crippen molar-refractivity contribution in [3.05, 3.63) is 0 Å². The molecule has 3 amide bonds. The molecule has 0 radical (unpaired) electrons. The Morgan fingerprint density at radius 3 is 2.10 bits per heavy atom. The lowest BCUT2D eigenvalue weighted by Gasteiger charge is -2.27. The van der Waals surface area contributed by atoms with E-state index in [9.17, 15) is 24.3 Å². The van der Waals surface area contributed by atoms with Gasteiger partial charge in [-0.2, -0.15) is 0 Å². The summed E-state index contributed by atoms with van der Waals surface area (Å²) in [5, 5.41) is 14.6. The first-order valence-corrected chi connectivity index (χ1v) is 10.3. The Bertz CT molecular complexity index is 608. The molecule has 0 saturated carbocycles. The molecule has 0 aromatic carbocycles.